The molecule has 100 valence electrons. The number of nitrogens with zero attached hydrogens (tertiary/aromatic N) is 1. The second kappa shape index (κ2) is 5.89. The van der Waals surface area contributed by atoms with Crippen LogP contribution in [0.25, 0.3) is 0 Å². The molecule has 0 fully saturated rings. The Morgan fingerprint density at radius 3 is 2.33 bits per heavy atom. The van der Waals surface area contributed by atoms with Crippen LogP contribution < -0.4 is 10.2 Å². The third-order valence-electron chi connectivity index (χ3n) is 2.91. The van der Waals surface area contributed by atoms with E-state index in [9.17, 15) is 4.79 Å². The van der Waals surface area contributed by atoms with Crippen molar-refractivity contribution >= 4 is 17.3 Å². The average molecular weight is 248 g/mol. The predicted octanol–water partition coefficient (Wildman–Crippen LogP) is 3.52. The molecule has 0 unspecified atom stereocenters. The van der Waals surface area contributed by atoms with E-state index in [1.54, 1.807) is 0 Å². The Labute approximate surface area is 110 Å². The summed E-state index contributed by atoms with van der Waals surface area (Å²) in [6, 6.07) is 8.00. The molecule has 1 amide bonds. The van der Waals surface area contributed by atoms with Crippen molar-refractivity contribution in [2.75, 3.05) is 23.3 Å². The van der Waals surface area contributed by atoms with E-state index in [0.29, 0.717) is 0 Å². The number of hydrogen-bond acceptors (Lipinski definition) is 2. The van der Waals surface area contributed by atoms with Crippen molar-refractivity contribution in [2.45, 2.75) is 34.6 Å². The van der Waals surface area contributed by atoms with E-state index in [1.165, 1.54) is 0 Å². The third kappa shape index (κ3) is 3.76. The monoisotopic (exact) mass is 248 g/mol. The van der Waals surface area contributed by atoms with Gasteiger partial charge in [0.05, 0.1) is 0 Å². The summed E-state index contributed by atoms with van der Waals surface area (Å²) in [6.07, 6.45) is 0. The standard InChI is InChI=1S/C15H24N2O/c1-6-17(7-2)13-10-8-9-12(11-13)16-14(18)15(3,4)5/h8-11H,6-7H2,1-5H3,(H,16,18). The van der Waals surface area contributed by atoms with E-state index in [2.05, 4.69) is 30.1 Å². The summed E-state index contributed by atoms with van der Waals surface area (Å²) in [5.41, 5.74) is 1.64. The topological polar surface area (TPSA) is 32.3 Å². The molecule has 0 spiro atoms. The van der Waals surface area contributed by atoms with Crippen molar-refractivity contribution in [3.63, 3.8) is 0 Å². The van der Waals surface area contributed by atoms with E-state index in [-0.39, 0.29) is 11.3 Å². The molecule has 0 aliphatic carbocycles. The van der Waals surface area contributed by atoms with Gasteiger partial charge in [0, 0.05) is 29.9 Å². The molecular weight excluding hydrogens is 224 g/mol. The lowest BCUT2D eigenvalue weighted by Crippen LogP contribution is -2.28. The molecule has 1 rings (SSSR count). The van der Waals surface area contributed by atoms with Gasteiger partial charge >= 0.3 is 0 Å². The summed E-state index contributed by atoms with van der Waals surface area (Å²) in [6.45, 7) is 11.9. The highest BCUT2D eigenvalue weighted by Gasteiger charge is 2.21. The Balaban J connectivity index is 2.86. The smallest absolute Gasteiger partial charge is 0.229 e. The predicted molar refractivity (Wildman–Crippen MR) is 78.1 cm³/mol. The van der Waals surface area contributed by atoms with E-state index < -0.39 is 0 Å². The van der Waals surface area contributed by atoms with Gasteiger partial charge in [-0.05, 0) is 32.0 Å². The van der Waals surface area contributed by atoms with E-state index in [4.69, 9.17) is 0 Å². The highest BCUT2D eigenvalue weighted by molar-refractivity contribution is 5.94. The summed E-state index contributed by atoms with van der Waals surface area (Å²) in [4.78, 5) is 14.2. The average Bonchev–Trinajstić information content (AvgIpc) is 2.30. The molecule has 18 heavy (non-hydrogen) atoms. The van der Waals surface area contributed by atoms with Gasteiger partial charge in [-0.2, -0.15) is 0 Å². The summed E-state index contributed by atoms with van der Waals surface area (Å²) >= 11 is 0. The third-order valence-corrected chi connectivity index (χ3v) is 2.91. The van der Waals surface area contributed by atoms with Gasteiger partial charge in [0.25, 0.3) is 0 Å². The van der Waals surface area contributed by atoms with Gasteiger partial charge in [0.1, 0.15) is 0 Å². The summed E-state index contributed by atoms with van der Waals surface area (Å²) in [5.74, 6) is 0.0409. The highest BCUT2D eigenvalue weighted by atomic mass is 16.2. The second-order valence-corrected chi connectivity index (χ2v) is 5.43. The molecule has 3 heteroatoms. The quantitative estimate of drug-likeness (QED) is 0.884. The largest absolute Gasteiger partial charge is 0.372 e. The maximum absolute atomic E-state index is 11.9. The molecule has 1 aromatic carbocycles. The van der Waals surface area contributed by atoms with Crippen LogP contribution in [0.4, 0.5) is 11.4 Å². The molecule has 0 saturated carbocycles. The van der Waals surface area contributed by atoms with Crippen molar-refractivity contribution < 1.29 is 4.79 Å². The molecule has 0 heterocycles. The van der Waals surface area contributed by atoms with Crippen LogP contribution in [0.3, 0.4) is 0 Å². The van der Waals surface area contributed by atoms with Crippen LogP contribution in [-0.4, -0.2) is 19.0 Å². The second-order valence-electron chi connectivity index (χ2n) is 5.43. The van der Waals surface area contributed by atoms with Crippen molar-refractivity contribution in [3.8, 4) is 0 Å². The Morgan fingerprint density at radius 2 is 1.83 bits per heavy atom. The fourth-order valence-corrected chi connectivity index (χ4v) is 1.69. The fraction of sp³-hybridized carbons (Fsp3) is 0.533. The highest BCUT2D eigenvalue weighted by Crippen LogP contribution is 2.22. The van der Waals surface area contributed by atoms with E-state index >= 15 is 0 Å². The number of carbonyl (C=O) groups excluding carboxylic acids is 1. The number of nitrogens with one attached hydrogen (secondary N) is 1. The van der Waals surface area contributed by atoms with Crippen molar-refractivity contribution in [1.29, 1.82) is 0 Å². The lowest BCUT2D eigenvalue weighted by molar-refractivity contribution is -0.123. The molecule has 3 nitrogen and oxygen atoms in total. The zero-order valence-corrected chi connectivity index (χ0v) is 12.1. The Morgan fingerprint density at radius 1 is 1.22 bits per heavy atom. The van der Waals surface area contributed by atoms with Gasteiger partial charge in [-0.3, -0.25) is 4.79 Å². The number of hydrogen-bond donors (Lipinski definition) is 1. The Hall–Kier alpha value is -1.51. The van der Waals surface area contributed by atoms with Gasteiger partial charge in [-0.25, -0.2) is 0 Å². The van der Waals surface area contributed by atoms with Crippen LogP contribution in [0.5, 0.6) is 0 Å². The van der Waals surface area contributed by atoms with Crippen LogP contribution in [-0.2, 0) is 4.79 Å². The Bertz CT molecular complexity index is 403. The van der Waals surface area contributed by atoms with Gasteiger partial charge in [0.2, 0.25) is 5.91 Å². The normalized spacial score (nSPS) is 11.2. The van der Waals surface area contributed by atoms with Crippen molar-refractivity contribution in [2.24, 2.45) is 5.41 Å². The van der Waals surface area contributed by atoms with Crippen LogP contribution in [0.2, 0.25) is 0 Å². The molecule has 1 N–H and O–H groups in total. The first kappa shape index (κ1) is 14.6. The first-order valence-electron chi connectivity index (χ1n) is 6.55. The number of rotatable bonds is 4. The van der Waals surface area contributed by atoms with Gasteiger partial charge in [0.15, 0.2) is 0 Å². The molecule has 0 aromatic heterocycles. The minimum Gasteiger partial charge on any atom is -0.372 e. The molecule has 1 aromatic rings. The number of benzene rings is 1. The molecule has 0 aliphatic heterocycles. The van der Waals surface area contributed by atoms with Gasteiger partial charge in [-0.15, -0.1) is 0 Å². The summed E-state index contributed by atoms with van der Waals surface area (Å²) < 4.78 is 0. The molecule has 0 aliphatic rings. The minimum absolute atomic E-state index is 0.0409. The van der Waals surface area contributed by atoms with E-state index in [1.807, 2.05) is 39.0 Å². The first-order valence-corrected chi connectivity index (χ1v) is 6.55. The molecule has 0 atom stereocenters. The number of amides is 1. The van der Waals surface area contributed by atoms with Crippen LogP contribution >= 0.6 is 0 Å². The zero-order chi connectivity index (χ0) is 13.8. The molecule has 0 bridgehead atoms. The maximum atomic E-state index is 11.9. The van der Waals surface area contributed by atoms with Crippen molar-refractivity contribution in [1.82, 2.24) is 0 Å². The summed E-state index contributed by atoms with van der Waals surface area (Å²) in [7, 11) is 0. The van der Waals surface area contributed by atoms with Crippen LogP contribution in [0.1, 0.15) is 34.6 Å². The minimum atomic E-state index is -0.370. The maximum Gasteiger partial charge on any atom is 0.229 e. The SMILES string of the molecule is CCN(CC)c1cccc(NC(=O)C(C)(C)C)c1. The fourth-order valence-electron chi connectivity index (χ4n) is 1.69. The molecule has 0 saturated heterocycles. The summed E-state index contributed by atoms with van der Waals surface area (Å²) in [5, 5.41) is 2.96. The lowest BCUT2D eigenvalue weighted by Gasteiger charge is -2.22. The van der Waals surface area contributed by atoms with Crippen LogP contribution in [0, 0.1) is 5.41 Å². The number of carbonyl (C=O) groups is 1. The Kier molecular flexibility index (Phi) is 4.76. The van der Waals surface area contributed by atoms with Crippen LogP contribution in [0.15, 0.2) is 24.3 Å². The lowest BCUT2D eigenvalue weighted by atomic mass is 9.95. The number of anilines is 2. The van der Waals surface area contributed by atoms with Gasteiger partial charge < -0.3 is 10.2 Å². The van der Waals surface area contributed by atoms with E-state index in [0.717, 1.165) is 24.5 Å². The molecular formula is C15H24N2O. The molecule has 0 radical (unpaired) electrons. The zero-order valence-electron chi connectivity index (χ0n) is 12.1. The first-order chi connectivity index (χ1) is 8.38. The van der Waals surface area contributed by atoms with Gasteiger partial charge in [-0.1, -0.05) is 26.8 Å². The van der Waals surface area contributed by atoms with Crippen molar-refractivity contribution in [3.05, 3.63) is 24.3 Å².